The highest BCUT2D eigenvalue weighted by atomic mass is 16.3. The van der Waals surface area contributed by atoms with Gasteiger partial charge in [-0.25, -0.2) is 0 Å². The van der Waals surface area contributed by atoms with E-state index in [9.17, 15) is 10.2 Å². The van der Waals surface area contributed by atoms with Crippen molar-refractivity contribution in [1.29, 1.82) is 0 Å². The van der Waals surface area contributed by atoms with E-state index in [1.807, 2.05) is 6.07 Å². The maximum absolute atomic E-state index is 9.52. The number of nitrogens with zero attached hydrogens (tertiary/aromatic N) is 1. The van der Waals surface area contributed by atoms with Gasteiger partial charge in [0.05, 0.1) is 5.69 Å². The molecule has 0 heterocycles. The second kappa shape index (κ2) is 6.26. The first kappa shape index (κ1) is 12.7. The summed E-state index contributed by atoms with van der Waals surface area (Å²) in [6.07, 6.45) is 4.89. The first-order valence-corrected chi connectivity index (χ1v) is 5.79. The molecule has 0 amide bonds. The van der Waals surface area contributed by atoms with Gasteiger partial charge in [0.15, 0.2) is 0 Å². The van der Waals surface area contributed by atoms with E-state index in [4.69, 9.17) is 0 Å². The quantitative estimate of drug-likeness (QED) is 0.578. The molecule has 0 aliphatic carbocycles. The number of benzene rings is 2. The fraction of sp³-hybridized carbons (Fsp3) is 0. The van der Waals surface area contributed by atoms with E-state index in [1.165, 1.54) is 0 Å². The molecule has 0 unspecified atom stereocenters. The fourth-order valence-corrected chi connectivity index (χ4v) is 1.47. The molecule has 0 aromatic heterocycles. The minimum absolute atomic E-state index is 0.140. The topological polar surface area (TPSA) is 64.9 Å². The SMILES string of the molecule is Oc1ccccc1N=C/C=C\Nc1ccccc1O. The Morgan fingerprint density at radius 2 is 1.58 bits per heavy atom. The van der Waals surface area contributed by atoms with Crippen molar-refractivity contribution < 1.29 is 10.2 Å². The van der Waals surface area contributed by atoms with Crippen LogP contribution in [0.4, 0.5) is 11.4 Å². The molecule has 2 aromatic rings. The van der Waals surface area contributed by atoms with Crippen molar-refractivity contribution in [3.05, 3.63) is 60.8 Å². The summed E-state index contributed by atoms with van der Waals surface area (Å²) >= 11 is 0. The molecule has 3 N–H and O–H groups in total. The number of nitrogens with one attached hydrogen (secondary N) is 1. The molecule has 2 rings (SSSR count). The molecular formula is C15H14N2O2. The lowest BCUT2D eigenvalue weighted by Crippen LogP contribution is -1.87. The van der Waals surface area contributed by atoms with Crippen molar-refractivity contribution in [1.82, 2.24) is 0 Å². The van der Waals surface area contributed by atoms with Crippen molar-refractivity contribution in [2.24, 2.45) is 4.99 Å². The van der Waals surface area contributed by atoms with E-state index < -0.39 is 0 Å². The Labute approximate surface area is 111 Å². The Bertz CT molecular complexity index is 607. The number of allylic oxidation sites excluding steroid dienone is 1. The average Bonchev–Trinajstić information content (AvgIpc) is 2.42. The summed E-state index contributed by atoms with van der Waals surface area (Å²) in [6.45, 7) is 0. The van der Waals surface area contributed by atoms with Gasteiger partial charge >= 0.3 is 0 Å². The second-order valence-electron chi connectivity index (χ2n) is 3.79. The van der Waals surface area contributed by atoms with Crippen molar-refractivity contribution in [2.45, 2.75) is 0 Å². The first-order valence-electron chi connectivity index (χ1n) is 5.79. The van der Waals surface area contributed by atoms with Gasteiger partial charge in [0.25, 0.3) is 0 Å². The third-order valence-corrected chi connectivity index (χ3v) is 2.42. The standard InChI is InChI=1S/C15H14N2O2/c18-14-8-3-1-6-12(14)16-10-5-11-17-13-7-2-4-9-15(13)19/h1-11,16,18-19H/b10-5-,17-11?. The third-order valence-electron chi connectivity index (χ3n) is 2.42. The van der Waals surface area contributed by atoms with Crippen LogP contribution in [-0.4, -0.2) is 16.4 Å². The van der Waals surface area contributed by atoms with E-state index >= 15 is 0 Å². The molecule has 0 fully saturated rings. The van der Waals surface area contributed by atoms with E-state index in [-0.39, 0.29) is 11.5 Å². The van der Waals surface area contributed by atoms with Crippen molar-refractivity contribution >= 4 is 17.6 Å². The molecule has 0 radical (unpaired) electrons. The molecule has 96 valence electrons. The van der Waals surface area contributed by atoms with Crippen LogP contribution in [0.3, 0.4) is 0 Å². The summed E-state index contributed by atoms with van der Waals surface area (Å²) in [5.74, 6) is 0.325. The van der Waals surface area contributed by atoms with Crippen LogP contribution in [0, 0.1) is 0 Å². The summed E-state index contributed by atoms with van der Waals surface area (Å²) in [5, 5.41) is 21.9. The molecule has 0 atom stereocenters. The van der Waals surface area contributed by atoms with Crippen molar-refractivity contribution in [3.8, 4) is 11.5 Å². The molecular weight excluding hydrogens is 240 g/mol. The van der Waals surface area contributed by atoms with E-state index in [1.54, 1.807) is 61.0 Å². The molecule has 0 aliphatic rings. The predicted octanol–water partition coefficient (Wildman–Crippen LogP) is 3.43. The zero-order valence-corrected chi connectivity index (χ0v) is 10.2. The van der Waals surface area contributed by atoms with Crippen LogP contribution in [0.2, 0.25) is 0 Å². The summed E-state index contributed by atoms with van der Waals surface area (Å²) in [6, 6.07) is 13.8. The fourth-order valence-electron chi connectivity index (χ4n) is 1.47. The molecule has 0 saturated heterocycles. The van der Waals surface area contributed by atoms with Gasteiger partial charge in [0, 0.05) is 12.4 Å². The molecule has 2 aromatic carbocycles. The van der Waals surface area contributed by atoms with Gasteiger partial charge in [-0.05, 0) is 30.3 Å². The van der Waals surface area contributed by atoms with Gasteiger partial charge in [-0.3, -0.25) is 4.99 Å². The van der Waals surface area contributed by atoms with Crippen LogP contribution >= 0.6 is 0 Å². The summed E-state index contributed by atoms with van der Waals surface area (Å²) < 4.78 is 0. The number of aliphatic imine (C=N–C) groups is 1. The van der Waals surface area contributed by atoms with Crippen LogP contribution in [0.15, 0.2) is 65.8 Å². The lowest BCUT2D eigenvalue weighted by molar-refractivity contribution is 0.476. The predicted molar refractivity (Wildman–Crippen MR) is 77.1 cm³/mol. The summed E-state index contributed by atoms with van der Waals surface area (Å²) in [7, 11) is 0. The Kier molecular flexibility index (Phi) is 4.18. The number of anilines is 1. The minimum Gasteiger partial charge on any atom is -0.506 e. The highest BCUT2D eigenvalue weighted by Gasteiger charge is 1.95. The summed E-state index contributed by atoms with van der Waals surface area (Å²) in [4.78, 5) is 4.10. The van der Waals surface area contributed by atoms with Gasteiger partial charge in [-0.15, -0.1) is 0 Å². The Morgan fingerprint density at radius 3 is 2.32 bits per heavy atom. The molecule has 4 nitrogen and oxygen atoms in total. The van der Waals surface area contributed by atoms with Crippen LogP contribution in [0.1, 0.15) is 0 Å². The Balaban J connectivity index is 1.94. The zero-order valence-electron chi connectivity index (χ0n) is 10.2. The number of para-hydroxylation sites is 4. The maximum Gasteiger partial charge on any atom is 0.141 e. The second-order valence-corrected chi connectivity index (χ2v) is 3.79. The summed E-state index contributed by atoms with van der Waals surface area (Å²) in [5.41, 5.74) is 1.13. The highest BCUT2D eigenvalue weighted by molar-refractivity contribution is 5.76. The lowest BCUT2D eigenvalue weighted by atomic mass is 10.3. The molecule has 19 heavy (non-hydrogen) atoms. The molecule has 0 aliphatic heterocycles. The first-order chi connectivity index (χ1) is 9.27. The minimum atomic E-state index is 0.140. The van der Waals surface area contributed by atoms with Gasteiger partial charge in [-0.1, -0.05) is 24.3 Å². The van der Waals surface area contributed by atoms with E-state index in [0.29, 0.717) is 11.4 Å². The lowest BCUT2D eigenvalue weighted by Gasteiger charge is -2.01. The molecule has 4 heteroatoms. The largest absolute Gasteiger partial charge is 0.506 e. The van der Waals surface area contributed by atoms with Gasteiger partial charge < -0.3 is 15.5 Å². The van der Waals surface area contributed by atoms with Crippen LogP contribution < -0.4 is 5.32 Å². The highest BCUT2D eigenvalue weighted by Crippen LogP contribution is 2.24. The maximum atomic E-state index is 9.52. The van der Waals surface area contributed by atoms with E-state index in [0.717, 1.165) is 0 Å². The average molecular weight is 254 g/mol. The zero-order chi connectivity index (χ0) is 13.5. The molecule has 0 bridgehead atoms. The monoisotopic (exact) mass is 254 g/mol. The number of phenolic OH excluding ortho intramolecular Hbond substituents is 2. The molecule has 0 spiro atoms. The van der Waals surface area contributed by atoms with E-state index in [2.05, 4.69) is 10.3 Å². The third kappa shape index (κ3) is 3.61. The number of phenols is 2. The van der Waals surface area contributed by atoms with Gasteiger partial charge in [-0.2, -0.15) is 0 Å². The van der Waals surface area contributed by atoms with Crippen LogP contribution in [-0.2, 0) is 0 Å². The van der Waals surface area contributed by atoms with Gasteiger partial charge in [0.1, 0.15) is 17.2 Å². The van der Waals surface area contributed by atoms with Crippen LogP contribution in [0.5, 0.6) is 11.5 Å². The Morgan fingerprint density at radius 1 is 0.895 bits per heavy atom. The van der Waals surface area contributed by atoms with Crippen LogP contribution in [0.25, 0.3) is 0 Å². The number of hydrogen-bond donors (Lipinski definition) is 3. The van der Waals surface area contributed by atoms with Gasteiger partial charge in [0.2, 0.25) is 0 Å². The molecule has 0 saturated carbocycles. The smallest absolute Gasteiger partial charge is 0.141 e. The number of rotatable bonds is 4. The normalized spacial score (nSPS) is 11.2. The number of hydrogen-bond acceptors (Lipinski definition) is 4. The Hall–Kier alpha value is -2.75. The number of aromatic hydroxyl groups is 2. The van der Waals surface area contributed by atoms with Crippen molar-refractivity contribution in [3.63, 3.8) is 0 Å². The van der Waals surface area contributed by atoms with Crippen molar-refractivity contribution in [2.75, 3.05) is 5.32 Å².